The van der Waals surface area contributed by atoms with E-state index in [1.165, 1.54) is 12.8 Å². The fraction of sp³-hybridized carbons (Fsp3) is 1.00. The van der Waals surface area contributed by atoms with Gasteiger partial charge in [-0.25, -0.2) is 0 Å². The molecule has 1 unspecified atom stereocenters. The first-order chi connectivity index (χ1) is 5.83. The highest BCUT2D eigenvalue weighted by Crippen LogP contribution is 2.14. The van der Waals surface area contributed by atoms with Crippen LogP contribution in [0.2, 0.25) is 0 Å². The van der Waals surface area contributed by atoms with Crippen molar-refractivity contribution in [2.45, 2.75) is 32.5 Å². The monoisotopic (exact) mass is 284 g/mol. The predicted octanol–water partition coefficient (Wildman–Crippen LogP) is 2.60. The van der Waals surface area contributed by atoms with Crippen LogP contribution in [0.15, 0.2) is 0 Å². The minimum atomic E-state index is 0.0872. The number of halogens is 1. The molecular formula is C9H17IO2. The topological polar surface area (TPSA) is 18.5 Å². The fourth-order valence-corrected chi connectivity index (χ4v) is 1.41. The van der Waals surface area contributed by atoms with Crippen LogP contribution < -0.4 is 0 Å². The number of hydrogen-bond acceptors (Lipinski definition) is 2. The van der Waals surface area contributed by atoms with E-state index in [4.69, 9.17) is 9.47 Å². The first-order valence-corrected chi connectivity index (χ1v) is 6.14. The SMILES string of the molecule is C[C@H](CI)COC1CCCCO1. The van der Waals surface area contributed by atoms with Gasteiger partial charge in [0.25, 0.3) is 0 Å². The van der Waals surface area contributed by atoms with Crippen molar-refractivity contribution in [3.63, 3.8) is 0 Å². The molecule has 0 radical (unpaired) electrons. The average Bonchev–Trinajstić information content (AvgIpc) is 2.16. The molecule has 0 aromatic rings. The maximum atomic E-state index is 5.61. The van der Waals surface area contributed by atoms with Gasteiger partial charge < -0.3 is 9.47 Å². The van der Waals surface area contributed by atoms with E-state index in [9.17, 15) is 0 Å². The van der Waals surface area contributed by atoms with E-state index in [0.29, 0.717) is 5.92 Å². The summed E-state index contributed by atoms with van der Waals surface area (Å²) in [5.74, 6) is 0.649. The second kappa shape index (κ2) is 6.16. The lowest BCUT2D eigenvalue weighted by molar-refractivity contribution is -0.166. The van der Waals surface area contributed by atoms with Crippen LogP contribution in [0.4, 0.5) is 0 Å². The number of rotatable bonds is 4. The zero-order valence-corrected chi connectivity index (χ0v) is 9.75. The minimum Gasteiger partial charge on any atom is -0.353 e. The molecule has 1 saturated heterocycles. The lowest BCUT2D eigenvalue weighted by Crippen LogP contribution is -2.24. The molecule has 2 atom stereocenters. The summed E-state index contributed by atoms with van der Waals surface area (Å²) in [5.41, 5.74) is 0. The standard InChI is InChI=1S/C9H17IO2/c1-8(6-10)7-12-9-4-2-3-5-11-9/h8-9H,2-7H2,1H3/t8-,9?/m1/s1. The normalized spacial score (nSPS) is 27.0. The van der Waals surface area contributed by atoms with E-state index >= 15 is 0 Å². The molecule has 3 heteroatoms. The highest BCUT2D eigenvalue weighted by molar-refractivity contribution is 14.1. The zero-order chi connectivity index (χ0) is 8.81. The van der Waals surface area contributed by atoms with Crippen LogP contribution in [0, 0.1) is 5.92 Å². The van der Waals surface area contributed by atoms with Crippen molar-refractivity contribution in [1.82, 2.24) is 0 Å². The number of alkyl halides is 1. The molecule has 0 bridgehead atoms. The van der Waals surface area contributed by atoms with Gasteiger partial charge in [0.15, 0.2) is 6.29 Å². The van der Waals surface area contributed by atoms with Crippen LogP contribution in [0.1, 0.15) is 26.2 Å². The van der Waals surface area contributed by atoms with E-state index in [2.05, 4.69) is 29.5 Å². The van der Waals surface area contributed by atoms with Gasteiger partial charge in [-0.15, -0.1) is 0 Å². The van der Waals surface area contributed by atoms with Crippen molar-refractivity contribution < 1.29 is 9.47 Å². The van der Waals surface area contributed by atoms with Crippen molar-refractivity contribution in [3.05, 3.63) is 0 Å². The summed E-state index contributed by atoms with van der Waals surface area (Å²) >= 11 is 2.39. The molecular weight excluding hydrogens is 267 g/mol. The maximum absolute atomic E-state index is 5.61. The van der Waals surface area contributed by atoms with Gasteiger partial charge in [0.05, 0.1) is 6.61 Å². The molecule has 2 nitrogen and oxygen atoms in total. The Kier molecular flexibility index (Phi) is 5.50. The molecule has 1 heterocycles. The minimum absolute atomic E-state index is 0.0872. The summed E-state index contributed by atoms with van der Waals surface area (Å²) in [6.07, 6.45) is 3.61. The third kappa shape index (κ3) is 4.05. The Morgan fingerprint density at radius 1 is 1.58 bits per heavy atom. The quantitative estimate of drug-likeness (QED) is 0.583. The summed E-state index contributed by atoms with van der Waals surface area (Å²) in [5, 5.41) is 0. The van der Waals surface area contributed by atoms with Crippen molar-refractivity contribution in [1.29, 1.82) is 0 Å². The maximum Gasteiger partial charge on any atom is 0.157 e. The summed E-state index contributed by atoms with van der Waals surface area (Å²) in [6, 6.07) is 0. The van der Waals surface area contributed by atoms with Gasteiger partial charge in [-0.3, -0.25) is 0 Å². The van der Waals surface area contributed by atoms with Crippen molar-refractivity contribution in [2.75, 3.05) is 17.6 Å². The molecule has 0 aromatic heterocycles. The molecule has 0 aliphatic carbocycles. The molecule has 0 N–H and O–H groups in total. The number of ether oxygens (including phenoxy) is 2. The van der Waals surface area contributed by atoms with Crippen molar-refractivity contribution in [3.8, 4) is 0 Å². The first kappa shape index (κ1) is 10.7. The molecule has 0 spiro atoms. The summed E-state index contributed by atoms with van der Waals surface area (Å²) in [6.45, 7) is 3.92. The van der Waals surface area contributed by atoms with Gasteiger partial charge in [0, 0.05) is 11.0 Å². The second-order valence-electron chi connectivity index (χ2n) is 3.39. The van der Waals surface area contributed by atoms with Crippen LogP contribution in [-0.4, -0.2) is 23.9 Å². The molecule has 0 aromatic carbocycles. The van der Waals surface area contributed by atoms with Gasteiger partial charge in [-0.05, 0) is 25.2 Å². The first-order valence-electron chi connectivity index (χ1n) is 4.62. The summed E-state index contributed by atoms with van der Waals surface area (Å²) in [4.78, 5) is 0. The number of hydrogen-bond donors (Lipinski definition) is 0. The largest absolute Gasteiger partial charge is 0.353 e. The Balaban J connectivity index is 2.05. The predicted molar refractivity (Wildman–Crippen MR) is 57.6 cm³/mol. The Morgan fingerprint density at radius 2 is 2.42 bits per heavy atom. The van der Waals surface area contributed by atoms with Gasteiger partial charge in [0.2, 0.25) is 0 Å². The molecule has 1 fully saturated rings. The Labute approximate surface area is 88.1 Å². The van der Waals surface area contributed by atoms with Crippen molar-refractivity contribution in [2.24, 2.45) is 5.92 Å². The van der Waals surface area contributed by atoms with E-state index in [1.807, 2.05) is 0 Å². The van der Waals surface area contributed by atoms with Crippen LogP contribution >= 0.6 is 22.6 Å². The van der Waals surface area contributed by atoms with Crippen LogP contribution in [0.25, 0.3) is 0 Å². The van der Waals surface area contributed by atoms with E-state index < -0.39 is 0 Å². The second-order valence-corrected chi connectivity index (χ2v) is 4.27. The fourth-order valence-electron chi connectivity index (χ4n) is 1.16. The van der Waals surface area contributed by atoms with Crippen molar-refractivity contribution >= 4 is 22.6 Å². The Bertz CT molecular complexity index is 113. The molecule has 0 saturated carbocycles. The molecule has 12 heavy (non-hydrogen) atoms. The molecule has 72 valence electrons. The third-order valence-corrected chi connectivity index (χ3v) is 3.47. The van der Waals surface area contributed by atoms with Gasteiger partial charge in [-0.1, -0.05) is 29.5 Å². The average molecular weight is 284 g/mol. The van der Waals surface area contributed by atoms with Gasteiger partial charge in [-0.2, -0.15) is 0 Å². The zero-order valence-electron chi connectivity index (χ0n) is 7.59. The summed E-state index contributed by atoms with van der Waals surface area (Å²) < 4.78 is 12.2. The highest BCUT2D eigenvalue weighted by Gasteiger charge is 2.14. The molecule has 1 aliphatic heterocycles. The van der Waals surface area contributed by atoms with Gasteiger partial charge >= 0.3 is 0 Å². The highest BCUT2D eigenvalue weighted by atomic mass is 127. The van der Waals surface area contributed by atoms with Crippen LogP contribution in [0.5, 0.6) is 0 Å². The van der Waals surface area contributed by atoms with E-state index in [-0.39, 0.29) is 6.29 Å². The molecule has 1 rings (SSSR count). The third-order valence-electron chi connectivity index (χ3n) is 1.97. The molecule has 0 amide bonds. The van der Waals surface area contributed by atoms with Gasteiger partial charge in [0.1, 0.15) is 0 Å². The smallest absolute Gasteiger partial charge is 0.157 e. The lowest BCUT2D eigenvalue weighted by Gasteiger charge is -2.23. The lowest BCUT2D eigenvalue weighted by atomic mass is 10.2. The summed E-state index contributed by atoms with van der Waals surface area (Å²) in [7, 11) is 0. The molecule has 1 aliphatic rings. The Morgan fingerprint density at radius 3 is 3.00 bits per heavy atom. The van der Waals surface area contributed by atoms with E-state index in [0.717, 1.165) is 24.1 Å². The Hall–Kier alpha value is 0.650. The van der Waals surface area contributed by atoms with E-state index in [1.54, 1.807) is 0 Å². The van der Waals surface area contributed by atoms with Crippen LogP contribution in [0.3, 0.4) is 0 Å². The van der Waals surface area contributed by atoms with Crippen LogP contribution in [-0.2, 0) is 9.47 Å².